The van der Waals surface area contributed by atoms with E-state index in [1.807, 2.05) is 0 Å². The van der Waals surface area contributed by atoms with E-state index < -0.39 is 0 Å². The van der Waals surface area contributed by atoms with Gasteiger partial charge in [0, 0.05) is 12.7 Å². The van der Waals surface area contributed by atoms with Crippen molar-refractivity contribution in [1.29, 1.82) is 0 Å². The van der Waals surface area contributed by atoms with E-state index in [4.69, 9.17) is 18.0 Å². The molecule has 0 spiro atoms. The molecule has 3 N–H and O–H groups in total. The summed E-state index contributed by atoms with van der Waals surface area (Å²) < 4.78 is 12.7. The van der Waals surface area contributed by atoms with Crippen LogP contribution in [0.1, 0.15) is 6.92 Å². The van der Waals surface area contributed by atoms with Gasteiger partial charge in [-0.25, -0.2) is 9.18 Å². The van der Waals surface area contributed by atoms with Crippen LogP contribution in [0.25, 0.3) is 0 Å². The third kappa shape index (κ3) is 3.67. The van der Waals surface area contributed by atoms with Crippen LogP contribution in [0.4, 0.5) is 14.9 Å². The van der Waals surface area contributed by atoms with Crippen molar-refractivity contribution >= 4 is 28.9 Å². The first kappa shape index (κ1) is 13.4. The number of amides is 2. The van der Waals surface area contributed by atoms with E-state index in [2.05, 4.69) is 5.32 Å². The molecule has 0 radical (unpaired) electrons. The van der Waals surface area contributed by atoms with E-state index in [0.29, 0.717) is 5.69 Å². The van der Waals surface area contributed by atoms with Crippen molar-refractivity contribution < 1.29 is 9.18 Å². The van der Waals surface area contributed by atoms with E-state index in [1.54, 1.807) is 14.0 Å². The molecule has 1 aromatic carbocycles. The topological polar surface area (TPSA) is 58.4 Å². The number of halogens is 1. The van der Waals surface area contributed by atoms with E-state index in [9.17, 15) is 9.18 Å². The Kier molecular flexibility index (Phi) is 4.39. The number of nitrogens with two attached hydrogens (primary N) is 1. The molecule has 1 rings (SSSR count). The van der Waals surface area contributed by atoms with Crippen molar-refractivity contribution in [3.8, 4) is 0 Å². The quantitative estimate of drug-likeness (QED) is 0.812. The molecule has 0 aromatic heterocycles. The van der Waals surface area contributed by atoms with Gasteiger partial charge in [0.2, 0.25) is 0 Å². The number of benzene rings is 1. The number of thiocarbonyl (C=S) groups is 1. The largest absolute Gasteiger partial charge is 0.392 e. The van der Waals surface area contributed by atoms with Gasteiger partial charge in [0.1, 0.15) is 5.82 Å². The minimum absolute atomic E-state index is 0.238. The van der Waals surface area contributed by atoms with Gasteiger partial charge in [0.05, 0.1) is 11.0 Å². The third-order valence-corrected chi connectivity index (χ3v) is 2.75. The Morgan fingerprint density at radius 2 is 2.00 bits per heavy atom. The fourth-order valence-electron chi connectivity index (χ4n) is 1.11. The van der Waals surface area contributed by atoms with E-state index in [1.165, 1.54) is 29.2 Å². The lowest BCUT2D eigenvalue weighted by atomic mass is 10.3. The summed E-state index contributed by atoms with van der Waals surface area (Å²) >= 11 is 4.80. The normalized spacial score (nSPS) is 11.7. The number of carbonyl (C=O) groups is 1. The van der Waals surface area contributed by atoms with E-state index in [0.717, 1.165) is 0 Å². The molecule has 17 heavy (non-hydrogen) atoms. The molecule has 1 unspecified atom stereocenters. The van der Waals surface area contributed by atoms with Crippen molar-refractivity contribution in [3.63, 3.8) is 0 Å². The monoisotopic (exact) mass is 255 g/mol. The van der Waals surface area contributed by atoms with Gasteiger partial charge in [-0.1, -0.05) is 12.2 Å². The highest BCUT2D eigenvalue weighted by molar-refractivity contribution is 7.80. The number of nitrogens with zero attached hydrogens (tertiary/aromatic N) is 1. The Balaban J connectivity index is 2.66. The van der Waals surface area contributed by atoms with Crippen LogP contribution in [-0.2, 0) is 0 Å². The van der Waals surface area contributed by atoms with E-state index in [-0.39, 0.29) is 22.9 Å². The smallest absolute Gasteiger partial charge is 0.322 e. The summed E-state index contributed by atoms with van der Waals surface area (Å²) in [6.07, 6.45) is 0. The highest BCUT2D eigenvalue weighted by Crippen LogP contribution is 2.09. The first-order valence-corrected chi connectivity index (χ1v) is 5.41. The highest BCUT2D eigenvalue weighted by atomic mass is 32.1. The molecule has 2 amide bonds. The molecule has 0 bridgehead atoms. The summed E-state index contributed by atoms with van der Waals surface area (Å²) in [5.74, 6) is -0.354. The highest BCUT2D eigenvalue weighted by Gasteiger charge is 2.17. The Morgan fingerprint density at radius 3 is 2.47 bits per heavy atom. The number of anilines is 1. The maximum absolute atomic E-state index is 12.7. The van der Waals surface area contributed by atoms with Gasteiger partial charge in [-0.2, -0.15) is 0 Å². The van der Waals surface area contributed by atoms with E-state index >= 15 is 0 Å². The second-order valence-corrected chi connectivity index (χ2v) is 4.10. The first-order chi connectivity index (χ1) is 7.91. The standard InChI is InChI=1S/C11H14FN3OS/c1-7(10(13)17)15(2)11(16)14-9-5-3-8(12)4-6-9/h3-7H,1-2H3,(H2,13,17)(H,14,16). The average Bonchev–Trinajstić information content (AvgIpc) is 2.30. The van der Waals surface area contributed by atoms with Crippen LogP contribution in [0.3, 0.4) is 0 Å². The molecule has 0 fully saturated rings. The summed E-state index contributed by atoms with van der Waals surface area (Å²) in [5.41, 5.74) is 5.96. The van der Waals surface area contributed by atoms with Gasteiger partial charge in [-0.3, -0.25) is 0 Å². The SMILES string of the molecule is CC(C(N)=S)N(C)C(=O)Nc1ccc(F)cc1. The number of nitrogens with one attached hydrogen (secondary N) is 1. The van der Waals surface area contributed by atoms with Crippen LogP contribution >= 0.6 is 12.2 Å². The van der Waals surface area contributed by atoms with Crippen molar-refractivity contribution in [1.82, 2.24) is 4.90 Å². The Morgan fingerprint density at radius 1 is 1.47 bits per heavy atom. The minimum Gasteiger partial charge on any atom is -0.392 e. The summed E-state index contributed by atoms with van der Waals surface area (Å²) in [5, 5.41) is 2.61. The van der Waals surface area contributed by atoms with Crippen LogP contribution in [0.15, 0.2) is 24.3 Å². The van der Waals surface area contributed by atoms with Gasteiger partial charge in [-0.05, 0) is 31.2 Å². The van der Waals surface area contributed by atoms with Gasteiger partial charge in [0.25, 0.3) is 0 Å². The predicted molar refractivity (Wildman–Crippen MR) is 69.4 cm³/mol. The molecule has 0 heterocycles. The maximum Gasteiger partial charge on any atom is 0.322 e. The summed E-state index contributed by atoms with van der Waals surface area (Å²) in [6, 6.07) is 4.81. The fourth-order valence-corrected chi connectivity index (χ4v) is 1.27. The molecule has 6 heteroatoms. The molecule has 1 aromatic rings. The number of carbonyl (C=O) groups excluding carboxylic acids is 1. The zero-order valence-corrected chi connectivity index (χ0v) is 10.4. The molecule has 0 aliphatic heterocycles. The van der Waals surface area contributed by atoms with Crippen LogP contribution < -0.4 is 11.1 Å². The Bertz CT molecular complexity index is 421. The minimum atomic E-state index is -0.354. The number of rotatable bonds is 3. The Hall–Kier alpha value is -1.69. The second kappa shape index (κ2) is 5.58. The fraction of sp³-hybridized carbons (Fsp3) is 0.273. The number of urea groups is 1. The first-order valence-electron chi connectivity index (χ1n) is 5.00. The molecule has 0 saturated carbocycles. The zero-order chi connectivity index (χ0) is 13.0. The lowest BCUT2D eigenvalue weighted by molar-refractivity contribution is 0.218. The molecule has 0 aliphatic rings. The number of hydrogen-bond donors (Lipinski definition) is 2. The maximum atomic E-state index is 12.7. The molecule has 1 atom stereocenters. The molecule has 0 saturated heterocycles. The van der Waals surface area contributed by atoms with Crippen LogP contribution in [0.2, 0.25) is 0 Å². The van der Waals surface area contributed by atoms with Gasteiger partial charge in [-0.15, -0.1) is 0 Å². The van der Waals surface area contributed by atoms with Crippen LogP contribution in [-0.4, -0.2) is 29.0 Å². The summed E-state index contributed by atoms with van der Waals surface area (Å²) in [4.78, 5) is 13.4. The number of hydrogen-bond acceptors (Lipinski definition) is 2. The van der Waals surface area contributed by atoms with Gasteiger partial charge < -0.3 is 16.0 Å². The zero-order valence-electron chi connectivity index (χ0n) is 9.61. The van der Waals surface area contributed by atoms with Crippen LogP contribution in [0, 0.1) is 5.82 Å². The average molecular weight is 255 g/mol. The lowest BCUT2D eigenvalue weighted by Gasteiger charge is -2.24. The van der Waals surface area contributed by atoms with Gasteiger partial charge in [0.15, 0.2) is 0 Å². The molecule has 92 valence electrons. The number of likely N-dealkylation sites (N-methyl/N-ethyl adjacent to an activating group) is 1. The lowest BCUT2D eigenvalue weighted by Crippen LogP contribution is -2.44. The molecule has 4 nitrogen and oxygen atoms in total. The third-order valence-electron chi connectivity index (χ3n) is 2.41. The summed E-state index contributed by atoms with van der Waals surface area (Å²) in [7, 11) is 1.59. The molecule has 0 aliphatic carbocycles. The second-order valence-electron chi connectivity index (χ2n) is 3.63. The predicted octanol–water partition coefficient (Wildman–Crippen LogP) is 1.96. The Labute approximate surface area is 105 Å². The van der Waals surface area contributed by atoms with Crippen molar-refractivity contribution in [2.24, 2.45) is 5.73 Å². The van der Waals surface area contributed by atoms with Crippen LogP contribution in [0.5, 0.6) is 0 Å². The van der Waals surface area contributed by atoms with Gasteiger partial charge >= 0.3 is 6.03 Å². The van der Waals surface area contributed by atoms with Crippen molar-refractivity contribution in [2.45, 2.75) is 13.0 Å². The van der Waals surface area contributed by atoms with Crippen molar-refractivity contribution in [3.05, 3.63) is 30.1 Å². The van der Waals surface area contributed by atoms with Crippen molar-refractivity contribution in [2.75, 3.05) is 12.4 Å². The summed E-state index contributed by atoms with van der Waals surface area (Å²) in [6.45, 7) is 1.73. The molecular formula is C11H14FN3OS. The molecular weight excluding hydrogens is 241 g/mol.